The minimum Gasteiger partial charge on any atom is -0.493 e. The maximum absolute atomic E-state index is 12.9. The summed E-state index contributed by atoms with van der Waals surface area (Å²) in [5, 5.41) is 0. The predicted octanol–water partition coefficient (Wildman–Crippen LogP) is 7.51. The summed E-state index contributed by atoms with van der Waals surface area (Å²) in [6, 6.07) is 21.5. The Balaban J connectivity index is 0.00000110. The summed E-state index contributed by atoms with van der Waals surface area (Å²) >= 11 is 0. The first-order valence-corrected chi connectivity index (χ1v) is 13.4. The average molecular weight is 553 g/mol. The number of esters is 1. The molecule has 0 spiro atoms. The van der Waals surface area contributed by atoms with Crippen molar-refractivity contribution in [3.05, 3.63) is 121 Å². The zero-order valence-electron chi connectivity index (χ0n) is 24.5. The van der Waals surface area contributed by atoms with Crippen molar-refractivity contribution in [1.82, 2.24) is 9.55 Å². The van der Waals surface area contributed by atoms with Crippen LogP contribution in [-0.4, -0.2) is 29.2 Å². The summed E-state index contributed by atoms with van der Waals surface area (Å²) in [5.74, 6) is 1.98. The van der Waals surface area contributed by atoms with Crippen LogP contribution in [0.3, 0.4) is 0 Å². The first kappa shape index (κ1) is 32.5. The Morgan fingerprint density at radius 3 is 2.32 bits per heavy atom. The van der Waals surface area contributed by atoms with E-state index in [0.29, 0.717) is 31.8 Å². The van der Waals surface area contributed by atoms with Gasteiger partial charge in [0.1, 0.15) is 17.6 Å². The average Bonchev–Trinajstić information content (AvgIpc) is 3.55. The second-order valence-electron chi connectivity index (χ2n) is 9.09. The second-order valence-corrected chi connectivity index (χ2v) is 9.09. The van der Waals surface area contributed by atoms with Crippen LogP contribution in [0.5, 0.6) is 5.75 Å². The lowest BCUT2D eigenvalue weighted by atomic mass is 10.0. The molecule has 0 aliphatic heterocycles. The van der Waals surface area contributed by atoms with Crippen LogP contribution in [0.25, 0.3) is 11.3 Å². The largest absolute Gasteiger partial charge is 0.493 e. The lowest BCUT2D eigenvalue weighted by Crippen LogP contribution is -2.24. The molecule has 0 fully saturated rings. The molecule has 0 aliphatic carbocycles. The Kier molecular flexibility index (Phi) is 13.5. The Morgan fingerprint density at radius 2 is 1.71 bits per heavy atom. The first-order valence-electron chi connectivity index (χ1n) is 13.4. The van der Waals surface area contributed by atoms with Crippen molar-refractivity contribution in [2.45, 2.75) is 46.1 Å². The van der Waals surface area contributed by atoms with Crippen molar-refractivity contribution >= 4 is 5.97 Å². The number of carbonyl (C=O) groups is 1. The lowest BCUT2D eigenvalue weighted by molar-refractivity contribution is -0.144. The minimum absolute atomic E-state index is 0.273. The zero-order chi connectivity index (χ0) is 30.2. The molecule has 2 aromatic carbocycles. The second kappa shape index (κ2) is 17.0. The van der Waals surface area contributed by atoms with Crippen LogP contribution in [0.4, 0.5) is 0 Å². The number of aromatic nitrogens is 2. The zero-order valence-corrected chi connectivity index (χ0v) is 24.5. The van der Waals surface area contributed by atoms with Gasteiger partial charge in [-0.2, -0.15) is 0 Å². The molecule has 0 saturated carbocycles. The fraction of sp³-hybridized carbons (Fsp3) is 0.257. The maximum atomic E-state index is 12.9. The molecule has 2 heterocycles. The molecule has 4 rings (SSSR count). The number of allylic oxidation sites excluding steroid dienone is 2. The number of ether oxygens (including phenoxy) is 2. The van der Waals surface area contributed by atoms with Crippen molar-refractivity contribution in [3.8, 4) is 29.9 Å². The monoisotopic (exact) mass is 552 g/mol. The van der Waals surface area contributed by atoms with Crippen molar-refractivity contribution < 1.29 is 18.7 Å². The Bertz CT molecular complexity index is 1400. The van der Waals surface area contributed by atoms with Gasteiger partial charge in [-0.25, -0.2) is 9.78 Å². The Labute approximate surface area is 244 Å². The molecular weight excluding hydrogens is 512 g/mol. The molecule has 1 unspecified atom stereocenters. The van der Waals surface area contributed by atoms with Gasteiger partial charge in [0.2, 0.25) is 0 Å². The van der Waals surface area contributed by atoms with Crippen LogP contribution in [0.1, 0.15) is 41.6 Å². The quantitative estimate of drug-likeness (QED) is 0.109. The number of methoxy groups -OCH3 is 1. The lowest BCUT2D eigenvalue weighted by Gasteiger charge is -2.22. The highest BCUT2D eigenvalue weighted by molar-refractivity contribution is 5.76. The number of oxazole rings is 1. The smallest absolute Gasteiger partial charge is 0.329 e. The topological polar surface area (TPSA) is 66.5 Å². The van der Waals surface area contributed by atoms with Gasteiger partial charge in [0.05, 0.1) is 19.4 Å². The summed E-state index contributed by atoms with van der Waals surface area (Å²) in [7, 11) is 1.43. The van der Waals surface area contributed by atoms with Crippen LogP contribution >= 0.6 is 0 Å². The van der Waals surface area contributed by atoms with Gasteiger partial charge in [-0.15, -0.1) is 26.0 Å². The predicted molar refractivity (Wildman–Crippen MR) is 166 cm³/mol. The minimum atomic E-state index is -0.480. The third-order valence-corrected chi connectivity index (χ3v) is 6.19. The van der Waals surface area contributed by atoms with E-state index in [1.807, 2.05) is 81.4 Å². The third kappa shape index (κ3) is 9.15. The number of carbonyl (C=O) groups excluding carboxylic acids is 1. The number of nitrogens with zero attached hydrogens (tertiary/aromatic N) is 2. The van der Waals surface area contributed by atoms with Crippen molar-refractivity contribution in [1.29, 1.82) is 0 Å². The molecular formula is C35H40N2O4. The van der Waals surface area contributed by atoms with Gasteiger partial charge in [-0.05, 0) is 56.2 Å². The standard InChI is InChI=1S/C30H32N2O4.C3H6.C2H2/c1-5-9-29-31-26(22(3)36-29)18-19-35-25-15-13-23(14-16-25)20-28(30(33)34-4)32-21(2)12-17-27(32)24-10-7-6-8-11-24;1-3-2;1-2/h5-8,10-17,28H,1,9,18-20H2,2-4H3;3H,1H2,2H3;1-2H. The number of hydrogen-bond donors (Lipinski definition) is 0. The number of hydrogen-bond acceptors (Lipinski definition) is 5. The summed E-state index contributed by atoms with van der Waals surface area (Å²) < 4.78 is 18.8. The van der Waals surface area contributed by atoms with Gasteiger partial charge in [0, 0.05) is 30.7 Å². The van der Waals surface area contributed by atoms with Crippen molar-refractivity contribution in [3.63, 3.8) is 0 Å². The van der Waals surface area contributed by atoms with Crippen LogP contribution in [0, 0.1) is 26.7 Å². The highest BCUT2D eigenvalue weighted by atomic mass is 16.5. The molecule has 0 saturated heterocycles. The number of aryl methyl sites for hydroxylation is 2. The van der Waals surface area contributed by atoms with E-state index in [0.717, 1.165) is 39.7 Å². The molecule has 1 atom stereocenters. The van der Waals surface area contributed by atoms with Gasteiger partial charge in [0.25, 0.3) is 0 Å². The molecule has 0 N–H and O–H groups in total. The molecule has 6 nitrogen and oxygen atoms in total. The summed E-state index contributed by atoms with van der Waals surface area (Å²) in [6.45, 7) is 13.4. The third-order valence-electron chi connectivity index (χ3n) is 6.19. The van der Waals surface area contributed by atoms with E-state index in [9.17, 15) is 4.79 Å². The molecule has 0 bridgehead atoms. The molecule has 0 amide bonds. The SMILES string of the molecule is C#C.C=CC.C=CCc1nc(CCOc2ccc(CC(C(=O)OC)n3c(C)ccc3-c3ccccc3)cc2)c(C)o1. The molecule has 41 heavy (non-hydrogen) atoms. The summed E-state index contributed by atoms with van der Waals surface area (Å²) in [4.78, 5) is 17.4. The highest BCUT2D eigenvalue weighted by Crippen LogP contribution is 2.29. The Hall–Kier alpha value is -4.76. The van der Waals surface area contributed by atoms with E-state index < -0.39 is 6.04 Å². The molecule has 4 aromatic rings. The van der Waals surface area contributed by atoms with E-state index in [4.69, 9.17) is 13.9 Å². The van der Waals surface area contributed by atoms with E-state index in [-0.39, 0.29) is 5.97 Å². The van der Waals surface area contributed by atoms with E-state index in [1.54, 1.807) is 12.2 Å². The van der Waals surface area contributed by atoms with Gasteiger partial charge < -0.3 is 18.5 Å². The highest BCUT2D eigenvalue weighted by Gasteiger charge is 2.25. The van der Waals surface area contributed by atoms with E-state index in [1.165, 1.54) is 7.11 Å². The van der Waals surface area contributed by atoms with E-state index in [2.05, 4.69) is 41.6 Å². The van der Waals surface area contributed by atoms with Crippen LogP contribution < -0.4 is 4.74 Å². The molecule has 0 radical (unpaired) electrons. The summed E-state index contributed by atoms with van der Waals surface area (Å²) in [6.07, 6.45) is 13.3. The van der Waals surface area contributed by atoms with Gasteiger partial charge in [0.15, 0.2) is 5.89 Å². The molecule has 2 aromatic heterocycles. The maximum Gasteiger partial charge on any atom is 0.329 e. The van der Waals surface area contributed by atoms with Crippen LogP contribution in [0.15, 0.2) is 96.5 Å². The Morgan fingerprint density at radius 1 is 1.05 bits per heavy atom. The molecule has 6 heteroatoms. The molecule has 0 aliphatic rings. The van der Waals surface area contributed by atoms with Crippen molar-refractivity contribution in [2.24, 2.45) is 0 Å². The fourth-order valence-corrected chi connectivity index (χ4v) is 4.37. The van der Waals surface area contributed by atoms with Crippen LogP contribution in [0.2, 0.25) is 0 Å². The fourth-order valence-electron chi connectivity index (χ4n) is 4.37. The number of terminal acetylenes is 1. The van der Waals surface area contributed by atoms with E-state index >= 15 is 0 Å². The summed E-state index contributed by atoms with van der Waals surface area (Å²) in [5.41, 5.74) is 4.97. The van der Waals surface area contributed by atoms with Gasteiger partial charge in [-0.1, -0.05) is 54.6 Å². The molecule has 214 valence electrons. The van der Waals surface area contributed by atoms with Crippen molar-refractivity contribution in [2.75, 3.05) is 13.7 Å². The normalized spacial score (nSPS) is 10.7. The van der Waals surface area contributed by atoms with Gasteiger partial charge >= 0.3 is 5.97 Å². The number of rotatable bonds is 11. The number of benzene rings is 2. The first-order chi connectivity index (χ1) is 19.9. The van der Waals surface area contributed by atoms with Crippen LogP contribution in [-0.2, 0) is 28.8 Å². The van der Waals surface area contributed by atoms with Gasteiger partial charge in [-0.3, -0.25) is 0 Å².